The van der Waals surface area contributed by atoms with Crippen LogP contribution in [-0.4, -0.2) is 37.3 Å². The zero-order chi connectivity index (χ0) is 14.5. The third-order valence-corrected chi connectivity index (χ3v) is 3.70. The van der Waals surface area contributed by atoms with Crippen LogP contribution in [0.2, 0.25) is 0 Å². The maximum Gasteiger partial charge on any atom is 0.236 e. The van der Waals surface area contributed by atoms with E-state index in [4.69, 9.17) is 4.74 Å². The number of nitrogens with one attached hydrogen (secondary N) is 2. The molecule has 20 heavy (non-hydrogen) atoms. The first-order valence-corrected chi connectivity index (χ1v) is 6.97. The van der Waals surface area contributed by atoms with Crippen LogP contribution >= 0.6 is 0 Å². The normalized spacial score (nSPS) is 18.6. The van der Waals surface area contributed by atoms with Gasteiger partial charge in [-0.05, 0) is 37.0 Å². The van der Waals surface area contributed by atoms with E-state index in [1.807, 2.05) is 19.1 Å². The molecule has 3 N–H and O–H groups in total. The van der Waals surface area contributed by atoms with Crippen molar-refractivity contribution in [1.29, 1.82) is 0 Å². The van der Waals surface area contributed by atoms with Gasteiger partial charge in [0.1, 0.15) is 5.75 Å². The predicted molar refractivity (Wildman–Crippen MR) is 76.7 cm³/mol. The third kappa shape index (κ3) is 3.29. The second-order valence-corrected chi connectivity index (χ2v) is 5.11. The third-order valence-electron chi connectivity index (χ3n) is 3.70. The Morgan fingerprint density at radius 1 is 1.55 bits per heavy atom. The van der Waals surface area contributed by atoms with Crippen molar-refractivity contribution in [3.8, 4) is 5.75 Å². The van der Waals surface area contributed by atoms with Crippen LogP contribution in [0.15, 0.2) is 18.2 Å². The zero-order valence-electron chi connectivity index (χ0n) is 12.0. The highest BCUT2D eigenvalue weighted by Gasteiger charge is 2.27. The van der Waals surface area contributed by atoms with Gasteiger partial charge in [-0.15, -0.1) is 0 Å². The van der Waals surface area contributed by atoms with Gasteiger partial charge in [-0.25, -0.2) is 0 Å². The molecule has 0 spiro atoms. The highest BCUT2D eigenvalue weighted by Crippen LogP contribution is 2.36. The number of phenols is 1. The number of phenolic OH excluding ortho intramolecular Hbond substituents is 1. The molecule has 0 aliphatic heterocycles. The lowest BCUT2D eigenvalue weighted by Gasteiger charge is -2.20. The molecule has 5 heteroatoms. The van der Waals surface area contributed by atoms with Gasteiger partial charge in [0.15, 0.2) is 0 Å². The van der Waals surface area contributed by atoms with E-state index in [1.165, 1.54) is 0 Å². The average Bonchev–Trinajstić information content (AvgIpc) is 2.83. The number of carbonyl (C=O) groups excluding carboxylic acids is 1. The summed E-state index contributed by atoms with van der Waals surface area (Å²) in [5.41, 5.74) is 2.10. The van der Waals surface area contributed by atoms with E-state index in [-0.39, 0.29) is 18.0 Å². The first-order valence-electron chi connectivity index (χ1n) is 6.97. The molecule has 2 atom stereocenters. The first kappa shape index (κ1) is 14.8. The van der Waals surface area contributed by atoms with Gasteiger partial charge in [0.2, 0.25) is 5.91 Å². The number of ether oxygens (including phenoxy) is 1. The number of fused-ring (bicyclic) bond motifs is 1. The van der Waals surface area contributed by atoms with Gasteiger partial charge >= 0.3 is 0 Å². The molecule has 5 nitrogen and oxygen atoms in total. The van der Waals surface area contributed by atoms with Crippen LogP contribution in [0.4, 0.5) is 0 Å². The Balaban J connectivity index is 1.92. The molecule has 2 unspecified atom stereocenters. The van der Waals surface area contributed by atoms with Crippen molar-refractivity contribution in [3.63, 3.8) is 0 Å². The summed E-state index contributed by atoms with van der Waals surface area (Å²) in [6.07, 6.45) is 1.75. The number of amides is 1. The Hall–Kier alpha value is -1.59. The van der Waals surface area contributed by atoms with Gasteiger partial charge in [0.05, 0.1) is 12.6 Å². The van der Waals surface area contributed by atoms with Gasteiger partial charge in [0, 0.05) is 19.7 Å². The minimum Gasteiger partial charge on any atom is -0.508 e. The summed E-state index contributed by atoms with van der Waals surface area (Å²) in [6.45, 7) is 2.88. The van der Waals surface area contributed by atoms with E-state index >= 15 is 0 Å². The average molecular weight is 278 g/mol. The Morgan fingerprint density at radius 2 is 2.35 bits per heavy atom. The molecule has 1 aliphatic carbocycles. The molecule has 1 aromatic carbocycles. The molecular weight excluding hydrogens is 256 g/mol. The number of hydrogen-bond acceptors (Lipinski definition) is 4. The van der Waals surface area contributed by atoms with Crippen molar-refractivity contribution in [1.82, 2.24) is 10.6 Å². The molecule has 0 fully saturated rings. The van der Waals surface area contributed by atoms with E-state index in [0.717, 1.165) is 24.0 Å². The lowest BCUT2D eigenvalue weighted by atomic mass is 10.1. The van der Waals surface area contributed by atoms with Crippen molar-refractivity contribution < 1.29 is 14.6 Å². The number of benzene rings is 1. The summed E-state index contributed by atoms with van der Waals surface area (Å²) < 4.78 is 4.90. The van der Waals surface area contributed by atoms with Crippen molar-refractivity contribution >= 4 is 5.91 Å². The van der Waals surface area contributed by atoms with Crippen molar-refractivity contribution in [2.75, 3.05) is 20.3 Å². The highest BCUT2D eigenvalue weighted by atomic mass is 16.5. The van der Waals surface area contributed by atoms with Crippen molar-refractivity contribution in [3.05, 3.63) is 29.3 Å². The number of hydrogen-bond donors (Lipinski definition) is 3. The Morgan fingerprint density at radius 3 is 3.10 bits per heavy atom. The molecule has 0 radical (unpaired) electrons. The quantitative estimate of drug-likeness (QED) is 0.682. The van der Waals surface area contributed by atoms with Crippen molar-refractivity contribution in [2.24, 2.45) is 0 Å². The van der Waals surface area contributed by atoms with Gasteiger partial charge in [-0.3, -0.25) is 10.1 Å². The maximum absolute atomic E-state index is 11.9. The fraction of sp³-hybridized carbons (Fsp3) is 0.533. The van der Waals surface area contributed by atoms with E-state index in [2.05, 4.69) is 10.6 Å². The Kier molecular flexibility index (Phi) is 4.98. The van der Waals surface area contributed by atoms with Gasteiger partial charge in [0.25, 0.3) is 0 Å². The standard InChI is InChI=1S/C15H22N2O3/c1-10(15(19)16-8-9-20-2)17-13-7-6-12-11(13)4-3-5-14(12)18/h3-5,10,13,17-18H,6-9H2,1-2H3,(H,16,19). The molecular formula is C15H22N2O3. The molecule has 0 bridgehead atoms. The zero-order valence-corrected chi connectivity index (χ0v) is 12.0. The summed E-state index contributed by atoms with van der Waals surface area (Å²) in [5, 5.41) is 16.0. The van der Waals surface area contributed by atoms with Gasteiger partial charge in [-0.2, -0.15) is 0 Å². The van der Waals surface area contributed by atoms with Crippen LogP contribution in [-0.2, 0) is 16.0 Å². The molecule has 1 aliphatic rings. The fourth-order valence-corrected chi connectivity index (χ4v) is 2.62. The highest BCUT2D eigenvalue weighted by molar-refractivity contribution is 5.81. The molecule has 1 amide bonds. The molecule has 110 valence electrons. The van der Waals surface area contributed by atoms with Crippen molar-refractivity contribution in [2.45, 2.75) is 31.8 Å². The summed E-state index contributed by atoms with van der Waals surface area (Å²) in [4.78, 5) is 11.9. The second kappa shape index (κ2) is 6.72. The van der Waals surface area contributed by atoms with Crippen LogP contribution in [0.3, 0.4) is 0 Å². The largest absolute Gasteiger partial charge is 0.508 e. The first-order chi connectivity index (χ1) is 9.63. The van der Waals surface area contributed by atoms with Crippen LogP contribution in [0.25, 0.3) is 0 Å². The lowest BCUT2D eigenvalue weighted by molar-refractivity contribution is -0.123. The van der Waals surface area contributed by atoms with E-state index in [1.54, 1.807) is 13.2 Å². The summed E-state index contributed by atoms with van der Waals surface area (Å²) in [5.74, 6) is 0.319. The molecule has 0 heterocycles. The summed E-state index contributed by atoms with van der Waals surface area (Å²) in [7, 11) is 1.61. The van der Waals surface area contributed by atoms with Crippen LogP contribution < -0.4 is 10.6 Å². The number of methoxy groups -OCH3 is 1. The predicted octanol–water partition coefficient (Wildman–Crippen LogP) is 1.12. The number of rotatable bonds is 6. The molecule has 2 rings (SSSR count). The minimum absolute atomic E-state index is 0.0318. The monoisotopic (exact) mass is 278 g/mol. The van der Waals surface area contributed by atoms with E-state index in [0.29, 0.717) is 18.9 Å². The molecule has 0 aromatic heterocycles. The van der Waals surface area contributed by atoms with Crippen LogP contribution in [0.1, 0.15) is 30.5 Å². The smallest absolute Gasteiger partial charge is 0.236 e. The molecule has 1 aromatic rings. The maximum atomic E-state index is 11.9. The van der Waals surface area contributed by atoms with E-state index < -0.39 is 0 Å². The van der Waals surface area contributed by atoms with Gasteiger partial charge in [-0.1, -0.05) is 12.1 Å². The number of carbonyl (C=O) groups is 1. The molecule has 0 saturated heterocycles. The molecule has 0 saturated carbocycles. The Labute approximate surface area is 119 Å². The minimum atomic E-state index is -0.273. The summed E-state index contributed by atoms with van der Waals surface area (Å²) in [6, 6.07) is 5.42. The van der Waals surface area contributed by atoms with Crippen LogP contribution in [0.5, 0.6) is 5.75 Å². The second-order valence-electron chi connectivity index (χ2n) is 5.11. The fourth-order valence-electron chi connectivity index (χ4n) is 2.62. The lowest BCUT2D eigenvalue weighted by Crippen LogP contribution is -2.44. The topological polar surface area (TPSA) is 70.6 Å². The van der Waals surface area contributed by atoms with E-state index in [9.17, 15) is 9.90 Å². The van der Waals surface area contributed by atoms with Crippen LogP contribution in [0, 0.1) is 0 Å². The Bertz CT molecular complexity index is 476. The number of aromatic hydroxyl groups is 1. The SMILES string of the molecule is COCCNC(=O)C(C)NC1CCc2c(O)cccc21. The van der Waals surface area contributed by atoms with Gasteiger partial charge < -0.3 is 15.2 Å². The summed E-state index contributed by atoms with van der Waals surface area (Å²) >= 11 is 0.